The largest absolute Gasteiger partial charge is 0.481 e. The molecule has 0 spiro atoms. The van der Waals surface area contributed by atoms with Gasteiger partial charge in [0.1, 0.15) is 6.61 Å². The first-order valence-electron chi connectivity index (χ1n) is 4.20. The first-order valence-corrected chi connectivity index (χ1v) is 4.20. The van der Waals surface area contributed by atoms with Gasteiger partial charge in [-0.2, -0.15) is 0 Å². The minimum atomic E-state index is -0.883. The molecular weight excluding hydrogens is 174 g/mol. The van der Waals surface area contributed by atoms with Crippen molar-refractivity contribution >= 4 is 11.9 Å². The number of nitrogens with zero attached hydrogens (tertiary/aromatic N) is 1. The molecule has 0 bridgehead atoms. The second-order valence-electron chi connectivity index (χ2n) is 3.09. The van der Waals surface area contributed by atoms with Crippen molar-refractivity contribution in [3.05, 3.63) is 0 Å². The molecule has 1 atom stereocenters. The number of carboxylic acid groups (broad SMARTS) is 1. The van der Waals surface area contributed by atoms with Gasteiger partial charge in [-0.3, -0.25) is 9.59 Å². The van der Waals surface area contributed by atoms with Crippen LogP contribution in [0.4, 0.5) is 0 Å². The van der Waals surface area contributed by atoms with E-state index in [1.807, 2.05) is 0 Å². The van der Waals surface area contributed by atoms with Crippen LogP contribution in [0.2, 0.25) is 0 Å². The van der Waals surface area contributed by atoms with Crippen molar-refractivity contribution in [2.75, 3.05) is 19.8 Å². The molecule has 1 rings (SSSR count). The summed E-state index contributed by atoms with van der Waals surface area (Å²) < 4.78 is 4.93. The van der Waals surface area contributed by atoms with Crippen LogP contribution >= 0.6 is 0 Å². The quantitative estimate of drug-likeness (QED) is 0.659. The van der Waals surface area contributed by atoms with Crippen molar-refractivity contribution in [1.82, 2.24) is 4.90 Å². The Morgan fingerprint density at radius 3 is 3.00 bits per heavy atom. The number of carbonyl (C=O) groups is 2. The summed E-state index contributed by atoms with van der Waals surface area (Å²) in [6, 6.07) is -0.242. The van der Waals surface area contributed by atoms with Crippen LogP contribution in [0.15, 0.2) is 0 Å². The average Bonchev–Trinajstić information content (AvgIpc) is 2.03. The van der Waals surface area contributed by atoms with Crippen LogP contribution in [-0.4, -0.2) is 47.7 Å². The van der Waals surface area contributed by atoms with Gasteiger partial charge in [-0.25, -0.2) is 0 Å². The van der Waals surface area contributed by atoms with E-state index in [2.05, 4.69) is 0 Å². The Kier molecular flexibility index (Phi) is 3.25. The zero-order chi connectivity index (χ0) is 9.84. The Balaban J connectivity index is 2.48. The van der Waals surface area contributed by atoms with E-state index >= 15 is 0 Å². The van der Waals surface area contributed by atoms with Crippen molar-refractivity contribution in [2.45, 2.75) is 19.4 Å². The Labute approximate surface area is 76.3 Å². The van der Waals surface area contributed by atoms with Crippen molar-refractivity contribution in [3.8, 4) is 0 Å². The highest BCUT2D eigenvalue weighted by Crippen LogP contribution is 2.07. The van der Waals surface area contributed by atoms with Gasteiger partial charge in [0.2, 0.25) is 5.91 Å². The number of carboxylic acids is 1. The van der Waals surface area contributed by atoms with Crippen molar-refractivity contribution in [2.24, 2.45) is 0 Å². The molecule has 0 aromatic heterocycles. The Hall–Kier alpha value is -1.10. The van der Waals surface area contributed by atoms with Gasteiger partial charge in [0.25, 0.3) is 0 Å². The summed E-state index contributed by atoms with van der Waals surface area (Å²) in [5, 5.41) is 8.53. The SMILES string of the molecule is CC(CC(=O)O)N1CCOCC1=O. The summed E-state index contributed by atoms with van der Waals surface area (Å²) in [4.78, 5) is 23.2. The molecule has 0 aliphatic carbocycles. The molecule has 0 saturated carbocycles. The van der Waals surface area contributed by atoms with Gasteiger partial charge in [-0.1, -0.05) is 0 Å². The van der Waals surface area contributed by atoms with Crippen LogP contribution in [0.5, 0.6) is 0 Å². The number of morpholine rings is 1. The summed E-state index contributed by atoms with van der Waals surface area (Å²) in [6.07, 6.45) is -0.00819. The molecule has 0 aromatic rings. The molecule has 1 N–H and O–H groups in total. The third-order valence-electron chi connectivity index (χ3n) is 2.02. The molecule has 0 radical (unpaired) electrons. The van der Waals surface area contributed by atoms with Crippen LogP contribution in [0.3, 0.4) is 0 Å². The van der Waals surface area contributed by atoms with Gasteiger partial charge in [-0.05, 0) is 6.92 Å². The monoisotopic (exact) mass is 187 g/mol. The lowest BCUT2D eigenvalue weighted by Gasteiger charge is -2.31. The van der Waals surface area contributed by atoms with E-state index in [-0.39, 0.29) is 25.0 Å². The van der Waals surface area contributed by atoms with Crippen LogP contribution in [-0.2, 0) is 14.3 Å². The second-order valence-corrected chi connectivity index (χ2v) is 3.09. The Bertz CT molecular complexity index is 216. The third kappa shape index (κ3) is 2.69. The summed E-state index contributed by atoms with van der Waals surface area (Å²) in [7, 11) is 0. The number of amides is 1. The normalized spacial score (nSPS) is 20.1. The molecule has 1 amide bonds. The van der Waals surface area contributed by atoms with Crippen molar-refractivity contribution in [1.29, 1.82) is 0 Å². The highest BCUT2D eigenvalue weighted by molar-refractivity contribution is 5.79. The molecule has 0 aromatic carbocycles. The van der Waals surface area contributed by atoms with Gasteiger partial charge in [0.05, 0.1) is 13.0 Å². The van der Waals surface area contributed by atoms with Gasteiger partial charge >= 0.3 is 5.97 Å². The maximum absolute atomic E-state index is 11.2. The third-order valence-corrected chi connectivity index (χ3v) is 2.02. The molecule has 13 heavy (non-hydrogen) atoms. The number of hydrogen-bond acceptors (Lipinski definition) is 3. The molecule has 1 saturated heterocycles. The average molecular weight is 187 g/mol. The van der Waals surface area contributed by atoms with Crippen molar-refractivity contribution < 1.29 is 19.4 Å². The zero-order valence-electron chi connectivity index (χ0n) is 7.52. The van der Waals surface area contributed by atoms with E-state index in [4.69, 9.17) is 9.84 Å². The smallest absolute Gasteiger partial charge is 0.305 e. The minimum absolute atomic E-state index is 0.00819. The van der Waals surface area contributed by atoms with Gasteiger partial charge < -0.3 is 14.7 Å². The fraction of sp³-hybridized carbons (Fsp3) is 0.750. The van der Waals surface area contributed by atoms with Crippen LogP contribution in [0, 0.1) is 0 Å². The van der Waals surface area contributed by atoms with Crippen molar-refractivity contribution in [3.63, 3.8) is 0 Å². The molecule has 1 aliphatic heterocycles. The van der Waals surface area contributed by atoms with E-state index in [1.54, 1.807) is 11.8 Å². The number of hydrogen-bond donors (Lipinski definition) is 1. The predicted octanol–water partition coefficient (Wildman–Crippen LogP) is -0.292. The topological polar surface area (TPSA) is 66.8 Å². The fourth-order valence-corrected chi connectivity index (χ4v) is 1.36. The van der Waals surface area contributed by atoms with Crippen LogP contribution < -0.4 is 0 Å². The molecule has 1 heterocycles. The van der Waals surface area contributed by atoms with Crippen LogP contribution in [0.25, 0.3) is 0 Å². The highest BCUT2D eigenvalue weighted by Gasteiger charge is 2.24. The van der Waals surface area contributed by atoms with Gasteiger partial charge in [-0.15, -0.1) is 0 Å². The van der Waals surface area contributed by atoms with E-state index < -0.39 is 5.97 Å². The summed E-state index contributed by atoms with van der Waals surface area (Å²) in [6.45, 7) is 2.80. The molecule has 5 nitrogen and oxygen atoms in total. The molecule has 1 unspecified atom stereocenters. The lowest BCUT2D eigenvalue weighted by atomic mass is 10.2. The van der Waals surface area contributed by atoms with Gasteiger partial charge in [0.15, 0.2) is 0 Å². The zero-order valence-corrected chi connectivity index (χ0v) is 7.52. The summed E-state index contributed by atoms with van der Waals surface area (Å²) in [5.74, 6) is -1.01. The van der Waals surface area contributed by atoms with Gasteiger partial charge in [0, 0.05) is 12.6 Å². The number of carbonyl (C=O) groups excluding carboxylic acids is 1. The standard InChI is InChI=1S/C8H13NO4/c1-6(4-8(11)12)9-2-3-13-5-7(9)10/h6H,2-5H2,1H3,(H,11,12). The minimum Gasteiger partial charge on any atom is -0.481 e. The Morgan fingerprint density at radius 2 is 2.46 bits per heavy atom. The first-order chi connectivity index (χ1) is 6.11. The maximum Gasteiger partial charge on any atom is 0.305 e. The van der Waals surface area contributed by atoms with E-state index in [9.17, 15) is 9.59 Å². The van der Waals surface area contributed by atoms with E-state index in [1.165, 1.54) is 0 Å². The molecule has 1 aliphatic rings. The van der Waals surface area contributed by atoms with E-state index in [0.29, 0.717) is 13.2 Å². The second kappa shape index (κ2) is 4.23. The molecular formula is C8H13NO4. The number of rotatable bonds is 3. The summed E-state index contributed by atoms with van der Waals surface area (Å²) >= 11 is 0. The molecule has 5 heteroatoms. The lowest BCUT2D eigenvalue weighted by Crippen LogP contribution is -2.47. The van der Waals surface area contributed by atoms with E-state index in [0.717, 1.165) is 0 Å². The number of ether oxygens (including phenoxy) is 1. The molecule has 1 fully saturated rings. The lowest BCUT2D eigenvalue weighted by molar-refractivity contribution is -0.147. The summed E-state index contributed by atoms with van der Waals surface area (Å²) in [5.41, 5.74) is 0. The molecule has 74 valence electrons. The highest BCUT2D eigenvalue weighted by atomic mass is 16.5. The fourth-order valence-electron chi connectivity index (χ4n) is 1.36. The first kappa shape index (κ1) is 9.98. The maximum atomic E-state index is 11.2. The predicted molar refractivity (Wildman–Crippen MR) is 44.2 cm³/mol. The Morgan fingerprint density at radius 1 is 1.77 bits per heavy atom. The number of aliphatic carboxylic acids is 1. The van der Waals surface area contributed by atoms with Crippen LogP contribution in [0.1, 0.15) is 13.3 Å².